The summed E-state index contributed by atoms with van der Waals surface area (Å²) in [5.41, 5.74) is 0.722. The van der Waals surface area contributed by atoms with Gasteiger partial charge in [0.1, 0.15) is 5.82 Å². The van der Waals surface area contributed by atoms with Gasteiger partial charge < -0.3 is 10.0 Å². The molecule has 0 bridgehead atoms. The van der Waals surface area contributed by atoms with Crippen molar-refractivity contribution in [3.05, 3.63) is 35.6 Å². The van der Waals surface area contributed by atoms with Gasteiger partial charge in [0.15, 0.2) is 0 Å². The standard InChI is InChI=1S/C15H20FNO3/c1-3-11(2)17(9-8-15(19)20)14(18)10-12-4-6-13(16)7-5-12/h4-7,11H,3,8-10H2,1-2H3,(H,19,20). The fraction of sp³-hybridized carbons (Fsp3) is 0.467. The molecule has 0 spiro atoms. The van der Waals surface area contributed by atoms with Crippen molar-refractivity contribution in [3.8, 4) is 0 Å². The Morgan fingerprint density at radius 2 is 1.90 bits per heavy atom. The number of carbonyl (C=O) groups excluding carboxylic acids is 1. The molecular formula is C15H20FNO3. The highest BCUT2D eigenvalue weighted by Crippen LogP contribution is 2.10. The molecule has 110 valence electrons. The van der Waals surface area contributed by atoms with Crippen molar-refractivity contribution in [1.82, 2.24) is 4.90 Å². The zero-order valence-electron chi connectivity index (χ0n) is 11.8. The van der Waals surface area contributed by atoms with Crippen LogP contribution in [0.1, 0.15) is 32.3 Å². The molecule has 1 amide bonds. The van der Waals surface area contributed by atoms with E-state index < -0.39 is 5.97 Å². The Morgan fingerprint density at radius 3 is 2.40 bits per heavy atom. The van der Waals surface area contributed by atoms with Gasteiger partial charge in [0, 0.05) is 12.6 Å². The molecule has 0 aliphatic heterocycles. The minimum absolute atomic E-state index is 0.0118. The molecule has 0 saturated carbocycles. The van der Waals surface area contributed by atoms with Gasteiger partial charge in [0.05, 0.1) is 12.8 Å². The van der Waals surface area contributed by atoms with E-state index in [1.165, 1.54) is 12.1 Å². The number of hydrogen-bond donors (Lipinski definition) is 1. The largest absolute Gasteiger partial charge is 0.481 e. The number of rotatable bonds is 7. The lowest BCUT2D eigenvalue weighted by atomic mass is 10.1. The van der Waals surface area contributed by atoms with Crippen molar-refractivity contribution >= 4 is 11.9 Å². The number of amides is 1. The van der Waals surface area contributed by atoms with Crippen LogP contribution in [0.2, 0.25) is 0 Å². The molecule has 0 radical (unpaired) electrons. The summed E-state index contributed by atoms with van der Waals surface area (Å²) < 4.78 is 12.8. The molecule has 5 heteroatoms. The molecule has 1 N–H and O–H groups in total. The first kappa shape index (κ1) is 16.1. The quantitative estimate of drug-likeness (QED) is 0.835. The highest BCUT2D eigenvalue weighted by Gasteiger charge is 2.19. The van der Waals surface area contributed by atoms with Crippen LogP contribution in [0.3, 0.4) is 0 Å². The van der Waals surface area contributed by atoms with Crippen molar-refractivity contribution in [1.29, 1.82) is 0 Å². The first-order valence-electron chi connectivity index (χ1n) is 6.69. The molecule has 1 unspecified atom stereocenters. The van der Waals surface area contributed by atoms with Crippen molar-refractivity contribution in [2.24, 2.45) is 0 Å². The first-order chi connectivity index (χ1) is 9.43. The summed E-state index contributed by atoms with van der Waals surface area (Å²) in [6.45, 7) is 4.04. The second kappa shape index (κ2) is 7.62. The minimum Gasteiger partial charge on any atom is -0.481 e. The van der Waals surface area contributed by atoms with Crippen LogP contribution < -0.4 is 0 Å². The van der Waals surface area contributed by atoms with E-state index in [1.54, 1.807) is 17.0 Å². The van der Waals surface area contributed by atoms with E-state index in [0.717, 1.165) is 12.0 Å². The zero-order chi connectivity index (χ0) is 15.1. The summed E-state index contributed by atoms with van der Waals surface area (Å²) in [6.07, 6.45) is 0.846. The number of carboxylic acids is 1. The van der Waals surface area contributed by atoms with Gasteiger partial charge in [-0.25, -0.2) is 4.39 Å². The predicted molar refractivity (Wildman–Crippen MR) is 73.8 cm³/mol. The smallest absolute Gasteiger partial charge is 0.305 e. The number of carboxylic acid groups (broad SMARTS) is 1. The molecule has 0 aliphatic carbocycles. The van der Waals surface area contributed by atoms with E-state index in [0.29, 0.717) is 0 Å². The lowest BCUT2D eigenvalue weighted by Gasteiger charge is -2.28. The maximum absolute atomic E-state index is 12.8. The number of aliphatic carboxylic acids is 1. The van der Waals surface area contributed by atoms with Crippen LogP contribution in [0.5, 0.6) is 0 Å². The van der Waals surface area contributed by atoms with Gasteiger partial charge in [-0.2, -0.15) is 0 Å². The van der Waals surface area contributed by atoms with E-state index >= 15 is 0 Å². The molecule has 0 heterocycles. The van der Waals surface area contributed by atoms with Crippen LogP contribution in [0.25, 0.3) is 0 Å². The Balaban J connectivity index is 2.71. The van der Waals surface area contributed by atoms with Crippen LogP contribution in [0.15, 0.2) is 24.3 Å². The Morgan fingerprint density at radius 1 is 1.30 bits per heavy atom. The van der Waals surface area contributed by atoms with E-state index in [1.807, 2.05) is 13.8 Å². The maximum Gasteiger partial charge on any atom is 0.305 e. The molecule has 0 aromatic heterocycles. The first-order valence-corrected chi connectivity index (χ1v) is 6.69. The number of carbonyl (C=O) groups is 2. The number of nitrogens with zero attached hydrogens (tertiary/aromatic N) is 1. The minimum atomic E-state index is -0.923. The fourth-order valence-corrected chi connectivity index (χ4v) is 1.91. The molecular weight excluding hydrogens is 261 g/mol. The van der Waals surface area contributed by atoms with Crippen molar-refractivity contribution in [3.63, 3.8) is 0 Å². The van der Waals surface area contributed by atoms with E-state index in [4.69, 9.17) is 5.11 Å². The highest BCUT2D eigenvalue weighted by molar-refractivity contribution is 5.79. The summed E-state index contributed by atoms with van der Waals surface area (Å²) in [7, 11) is 0. The van der Waals surface area contributed by atoms with Gasteiger partial charge in [0.2, 0.25) is 5.91 Å². The number of halogens is 1. The van der Waals surface area contributed by atoms with E-state index in [9.17, 15) is 14.0 Å². The van der Waals surface area contributed by atoms with Gasteiger partial charge in [-0.1, -0.05) is 19.1 Å². The van der Waals surface area contributed by atoms with Gasteiger partial charge in [-0.15, -0.1) is 0 Å². The molecule has 0 aliphatic rings. The van der Waals surface area contributed by atoms with Gasteiger partial charge in [0.25, 0.3) is 0 Å². The number of hydrogen-bond acceptors (Lipinski definition) is 2. The van der Waals surface area contributed by atoms with Gasteiger partial charge >= 0.3 is 5.97 Å². The predicted octanol–water partition coefficient (Wildman–Crippen LogP) is 2.47. The molecule has 4 nitrogen and oxygen atoms in total. The van der Waals surface area contributed by atoms with Crippen LogP contribution in [0, 0.1) is 5.82 Å². The van der Waals surface area contributed by atoms with Gasteiger partial charge in [-0.3, -0.25) is 9.59 Å². The maximum atomic E-state index is 12.8. The fourth-order valence-electron chi connectivity index (χ4n) is 1.91. The topological polar surface area (TPSA) is 57.6 Å². The highest BCUT2D eigenvalue weighted by atomic mass is 19.1. The summed E-state index contributed by atoms with van der Waals surface area (Å²) in [5.74, 6) is -1.40. The van der Waals surface area contributed by atoms with E-state index in [2.05, 4.69) is 0 Å². The molecule has 1 atom stereocenters. The Labute approximate surface area is 118 Å². The zero-order valence-corrected chi connectivity index (χ0v) is 11.8. The monoisotopic (exact) mass is 281 g/mol. The average molecular weight is 281 g/mol. The number of benzene rings is 1. The van der Waals surface area contributed by atoms with Crippen LogP contribution in [0.4, 0.5) is 4.39 Å². The third kappa shape index (κ3) is 4.99. The summed E-state index contributed by atoms with van der Waals surface area (Å²) in [6, 6.07) is 5.75. The molecule has 0 fully saturated rings. The Kier molecular flexibility index (Phi) is 6.15. The third-order valence-corrected chi connectivity index (χ3v) is 3.28. The normalized spacial score (nSPS) is 11.9. The van der Waals surface area contributed by atoms with Crippen LogP contribution in [-0.4, -0.2) is 34.5 Å². The lowest BCUT2D eigenvalue weighted by molar-refractivity contribution is -0.139. The molecule has 20 heavy (non-hydrogen) atoms. The third-order valence-electron chi connectivity index (χ3n) is 3.28. The molecule has 1 aromatic carbocycles. The molecule has 1 aromatic rings. The van der Waals surface area contributed by atoms with Gasteiger partial charge in [-0.05, 0) is 31.0 Å². The summed E-state index contributed by atoms with van der Waals surface area (Å²) in [5, 5.41) is 8.74. The second-order valence-corrected chi connectivity index (χ2v) is 4.79. The van der Waals surface area contributed by atoms with Crippen molar-refractivity contribution in [2.45, 2.75) is 39.2 Å². The van der Waals surface area contributed by atoms with Crippen LogP contribution in [-0.2, 0) is 16.0 Å². The Bertz CT molecular complexity index is 459. The SMILES string of the molecule is CCC(C)N(CCC(=O)O)C(=O)Cc1ccc(F)cc1. The molecule has 1 rings (SSSR count). The lowest BCUT2D eigenvalue weighted by Crippen LogP contribution is -2.40. The summed E-state index contributed by atoms with van der Waals surface area (Å²) >= 11 is 0. The van der Waals surface area contributed by atoms with E-state index in [-0.39, 0.29) is 37.2 Å². The van der Waals surface area contributed by atoms with Crippen LogP contribution >= 0.6 is 0 Å². The Hall–Kier alpha value is -1.91. The second-order valence-electron chi connectivity index (χ2n) is 4.79. The summed E-state index contributed by atoms with van der Waals surface area (Å²) in [4.78, 5) is 24.5. The average Bonchev–Trinajstić information content (AvgIpc) is 2.41. The van der Waals surface area contributed by atoms with Crippen molar-refractivity contribution < 1.29 is 19.1 Å². The van der Waals surface area contributed by atoms with Crippen molar-refractivity contribution in [2.75, 3.05) is 6.54 Å². The molecule has 0 saturated heterocycles.